The number of hydrogen-bond acceptors (Lipinski definition) is 3. The van der Waals surface area contributed by atoms with Crippen LogP contribution in [0.5, 0.6) is 5.75 Å². The second-order valence-electron chi connectivity index (χ2n) is 6.14. The van der Waals surface area contributed by atoms with Gasteiger partial charge >= 0.3 is 0 Å². The van der Waals surface area contributed by atoms with Crippen molar-refractivity contribution in [2.45, 2.75) is 32.8 Å². The molecule has 1 amide bonds. The van der Waals surface area contributed by atoms with E-state index in [1.807, 2.05) is 50.2 Å². The summed E-state index contributed by atoms with van der Waals surface area (Å²) in [5.41, 5.74) is 3.59. The number of nitrogens with one attached hydrogen (secondary N) is 1. The lowest BCUT2D eigenvalue weighted by Gasteiger charge is -2.15. The summed E-state index contributed by atoms with van der Waals surface area (Å²) in [7, 11) is 0. The number of hydrogen-bond donors (Lipinski definition) is 1. The van der Waals surface area contributed by atoms with Gasteiger partial charge in [0.15, 0.2) is 0 Å². The van der Waals surface area contributed by atoms with Crippen LogP contribution in [0.3, 0.4) is 0 Å². The van der Waals surface area contributed by atoms with Gasteiger partial charge in [-0.3, -0.25) is 4.79 Å². The van der Waals surface area contributed by atoms with E-state index in [0.29, 0.717) is 17.9 Å². The normalized spacial score (nSPS) is 16.8. The topological polar surface area (TPSA) is 47.6 Å². The molecule has 1 heterocycles. The molecule has 1 atom stereocenters. The summed E-state index contributed by atoms with van der Waals surface area (Å²) in [6, 6.07) is 13.2. The summed E-state index contributed by atoms with van der Waals surface area (Å²) in [5, 5.41) is 2.99. The van der Waals surface area contributed by atoms with E-state index in [1.54, 1.807) is 6.07 Å². The van der Waals surface area contributed by atoms with Crippen molar-refractivity contribution in [3.63, 3.8) is 0 Å². The van der Waals surface area contributed by atoms with Crippen LogP contribution in [0.4, 0.5) is 5.69 Å². The predicted octanol–water partition coefficient (Wildman–Crippen LogP) is 4.11. The Morgan fingerprint density at radius 3 is 2.83 bits per heavy atom. The fraction of sp³-hybridized carbons (Fsp3) is 0.350. The molecule has 1 aliphatic heterocycles. The molecule has 0 bridgehead atoms. The van der Waals surface area contributed by atoms with Gasteiger partial charge in [0.2, 0.25) is 0 Å². The molecule has 2 aromatic carbocycles. The Balaban J connectivity index is 1.73. The van der Waals surface area contributed by atoms with Crippen molar-refractivity contribution < 1.29 is 14.3 Å². The van der Waals surface area contributed by atoms with Crippen LogP contribution >= 0.6 is 0 Å². The van der Waals surface area contributed by atoms with E-state index in [1.165, 1.54) is 0 Å². The Morgan fingerprint density at radius 2 is 2.04 bits per heavy atom. The number of anilines is 1. The second kappa shape index (κ2) is 7.49. The fourth-order valence-corrected chi connectivity index (χ4v) is 2.81. The van der Waals surface area contributed by atoms with Crippen LogP contribution in [0, 0.1) is 13.8 Å². The van der Waals surface area contributed by atoms with Crippen LogP contribution in [0.1, 0.15) is 34.3 Å². The van der Waals surface area contributed by atoms with E-state index in [4.69, 9.17) is 9.47 Å². The standard InChI is InChI=1S/C20H23NO3/c1-14-7-5-10-18(15(14)2)21-20(22)17-9-3-4-11-19(17)24-13-16-8-6-12-23-16/h3-5,7,9-11,16H,6,8,12-13H2,1-2H3,(H,21,22)/t16-/m1/s1. The average molecular weight is 325 g/mol. The summed E-state index contributed by atoms with van der Waals surface area (Å²) in [6.45, 7) is 5.31. The van der Waals surface area contributed by atoms with E-state index in [-0.39, 0.29) is 12.0 Å². The highest BCUT2D eigenvalue weighted by atomic mass is 16.5. The highest BCUT2D eigenvalue weighted by molar-refractivity contribution is 6.06. The Kier molecular flexibility index (Phi) is 5.16. The molecule has 4 nitrogen and oxygen atoms in total. The Hall–Kier alpha value is -2.33. The highest BCUT2D eigenvalue weighted by Gasteiger charge is 2.18. The molecule has 1 aliphatic rings. The number of ether oxygens (including phenoxy) is 2. The number of carbonyl (C=O) groups excluding carboxylic acids is 1. The molecular formula is C20H23NO3. The van der Waals surface area contributed by atoms with Crippen LogP contribution in [0.25, 0.3) is 0 Å². The van der Waals surface area contributed by atoms with Gasteiger partial charge in [0, 0.05) is 12.3 Å². The van der Waals surface area contributed by atoms with Crippen LogP contribution < -0.4 is 10.1 Å². The lowest BCUT2D eigenvalue weighted by Crippen LogP contribution is -2.19. The predicted molar refractivity (Wildman–Crippen MR) is 94.8 cm³/mol. The molecule has 126 valence electrons. The van der Waals surface area contributed by atoms with Gasteiger partial charge in [0.25, 0.3) is 5.91 Å². The van der Waals surface area contributed by atoms with Crippen LogP contribution in [0.15, 0.2) is 42.5 Å². The number of amides is 1. The maximum atomic E-state index is 12.7. The lowest BCUT2D eigenvalue weighted by atomic mass is 10.1. The van der Waals surface area contributed by atoms with Gasteiger partial charge in [-0.05, 0) is 56.0 Å². The van der Waals surface area contributed by atoms with Gasteiger partial charge < -0.3 is 14.8 Å². The van der Waals surface area contributed by atoms with E-state index in [2.05, 4.69) is 5.32 Å². The van der Waals surface area contributed by atoms with Crippen molar-refractivity contribution in [3.05, 3.63) is 59.2 Å². The molecule has 0 saturated carbocycles. The molecule has 0 aliphatic carbocycles. The molecule has 0 aromatic heterocycles. The SMILES string of the molecule is Cc1cccc(NC(=O)c2ccccc2OC[C@H]2CCCO2)c1C. The van der Waals surface area contributed by atoms with E-state index >= 15 is 0 Å². The summed E-state index contributed by atoms with van der Waals surface area (Å²) >= 11 is 0. The Labute approximate surface area is 142 Å². The molecule has 1 N–H and O–H groups in total. The zero-order valence-electron chi connectivity index (χ0n) is 14.2. The van der Waals surface area contributed by atoms with Crippen molar-refractivity contribution in [3.8, 4) is 5.75 Å². The van der Waals surface area contributed by atoms with Crippen LogP contribution in [-0.4, -0.2) is 25.2 Å². The van der Waals surface area contributed by atoms with Crippen molar-refractivity contribution >= 4 is 11.6 Å². The van der Waals surface area contributed by atoms with Crippen molar-refractivity contribution in [1.29, 1.82) is 0 Å². The average Bonchev–Trinajstić information content (AvgIpc) is 3.11. The van der Waals surface area contributed by atoms with E-state index in [0.717, 1.165) is 36.3 Å². The maximum absolute atomic E-state index is 12.7. The first-order valence-electron chi connectivity index (χ1n) is 8.36. The second-order valence-corrected chi connectivity index (χ2v) is 6.14. The van der Waals surface area contributed by atoms with E-state index < -0.39 is 0 Å². The first-order chi connectivity index (χ1) is 11.6. The molecule has 2 aromatic rings. The van der Waals surface area contributed by atoms with Crippen molar-refractivity contribution in [2.24, 2.45) is 0 Å². The monoisotopic (exact) mass is 325 g/mol. The van der Waals surface area contributed by atoms with Gasteiger partial charge in [-0.25, -0.2) is 0 Å². The number of carbonyl (C=O) groups is 1. The molecule has 3 rings (SSSR count). The summed E-state index contributed by atoms with van der Waals surface area (Å²) in [4.78, 5) is 12.7. The van der Waals surface area contributed by atoms with Gasteiger partial charge in [0.05, 0.1) is 11.7 Å². The van der Waals surface area contributed by atoms with Crippen molar-refractivity contribution in [2.75, 3.05) is 18.5 Å². The minimum absolute atomic E-state index is 0.125. The largest absolute Gasteiger partial charge is 0.490 e. The van der Waals surface area contributed by atoms with Crippen molar-refractivity contribution in [1.82, 2.24) is 0 Å². The number of rotatable bonds is 5. The fourth-order valence-electron chi connectivity index (χ4n) is 2.81. The lowest BCUT2D eigenvalue weighted by molar-refractivity contribution is 0.0673. The molecule has 0 unspecified atom stereocenters. The first kappa shape index (κ1) is 16.5. The number of aryl methyl sites for hydroxylation is 1. The van der Waals surface area contributed by atoms with Gasteiger partial charge in [-0.1, -0.05) is 24.3 Å². The van der Waals surface area contributed by atoms with E-state index in [9.17, 15) is 4.79 Å². The summed E-state index contributed by atoms with van der Waals surface area (Å²) in [6.07, 6.45) is 2.21. The highest BCUT2D eigenvalue weighted by Crippen LogP contribution is 2.23. The molecule has 1 fully saturated rings. The minimum Gasteiger partial charge on any atom is -0.490 e. The zero-order valence-corrected chi connectivity index (χ0v) is 14.2. The van der Waals surface area contributed by atoms with Gasteiger partial charge in [0.1, 0.15) is 12.4 Å². The quantitative estimate of drug-likeness (QED) is 0.900. The maximum Gasteiger partial charge on any atom is 0.259 e. The third-order valence-electron chi connectivity index (χ3n) is 4.43. The Morgan fingerprint density at radius 1 is 1.21 bits per heavy atom. The smallest absolute Gasteiger partial charge is 0.259 e. The third-order valence-corrected chi connectivity index (χ3v) is 4.43. The minimum atomic E-state index is -0.161. The molecule has 0 spiro atoms. The third kappa shape index (κ3) is 3.77. The first-order valence-corrected chi connectivity index (χ1v) is 8.36. The number of benzene rings is 2. The summed E-state index contributed by atoms with van der Waals surface area (Å²) in [5.74, 6) is 0.433. The summed E-state index contributed by atoms with van der Waals surface area (Å²) < 4.78 is 11.4. The molecular weight excluding hydrogens is 302 g/mol. The Bertz CT molecular complexity index is 721. The van der Waals surface area contributed by atoms with Crippen LogP contribution in [0.2, 0.25) is 0 Å². The van der Waals surface area contributed by atoms with Gasteiger partial charge in [-0.15, -0.1) is 0 Å². The number of para-hydroxylation sites is 1. The molecule has 24 heavy (non-hydrogen) atoms. The molecule has 4 heteroatoms. The van der Waals surface area contributed by atoms with Gasteiger partial charge in [-0.2, -0.15) is 0 Å². The van der Waals surface area contributed by atoms with Crippen LogP contribution in [-0.2, 0) is 4.74 Å². The zero-order chi connectivity index (χ0) is 16.9. The molecule has 1 saturated heterocycles. The molecule has 0 radical (unpaired) electrons.